The molecule has 0 saturated carbocycles. The number of rotatable bonds is 5. The maximum Gasteiger partial charge on any atom is 0.267 e. The molecule has 1 unspecified atom stereocenters. The highest BCUT2D eigenvalue weighted by Crippen LogP contribution is 2.34. The molecule has 2 saturated heterocycles. The van der Waals surface area contributed by atoms with E-state index in [-0.39, 0.29) is 12.3 Å². The van der Waals surface area contributed by atoms with Crippen LogP contribution in [0, 0.1) is 5.92 Å². The van der Waals surface area contributed by atoms with Gasteiger partial charge in [0.05, 0.1) is 23.8 Å². The zero-order valence-corrected chi connectivity index (χ0v) is 18.6. The highest BCUT2D eigenvalue weighted by atomic mass is 19.3. The Morgan fingerprint density at radius 1 is 1.25 bits per heavy atom. The molecule has 32 heavy (non-hydrogen) atoms. The Bertz CT molecular complexity index is 990. The first-order chi connectivity index (χ1) is 15.3. The van der Waals surface area contributed by atoms with Gasteiger partial charge in [0, 0.05) is 50.6 Å². The number of halogens is 2. The number of fused-ring (bicyclic) bond motifs is 1. The van der Waals surface area contributed by atoms with Crippen LogP contribution >= 0.6 is 0 Å². The van der Waals surface area contributed by atoms with Crippen molar-refractivity contribution in [2.45, 2.75) is 37.6 Å². The summed E-state index contributed by atoms with van der Waals surface area (Å²) in [6.07, 6.45) is 6.79. The molecule has 1 aromatic carbocycles. The number of hydrogen-bond acceptors (Lipinski definition) is 6. The number of benzene rings is 1. The van der Waals surface area contributed by atoms with Crippen molar-refractivity contribution in [3.63, 3.8) is 0 Å². The molecule has 0 spiro atoms. The predicted molar refractivity (Wildman–Crippen MR) is 122 cm³/mol. The van der Waals surface area contributed by atoms with Crippen LogP contribution in [0.2, 0.25) is 0 Å². The topological polar surface area (TPSA) is 73.7 Å². The molecule has 3 heterocycles. The molecule has 1 aromatic heterocycles. The second-order valence-corrected chi connectivity index (χ2v) is 8.97. The Kier molecular flexibility index (Phi) is 6.64. The highest BCUT2D eigenvalue weighted by Gasteiger charge is 2.41. The van der Waals surface area contributed by atoms with E-state index in [0.717, 1.165) is 31.5 Å². The Morgan fingerprint density at radius 3 is 2.69 bits per heavy atom. The summed E-state index contributed by atoms with van der Waals surface area (Å²) in [7, 11) is 3.74. The van der Waals surface area contributed by atoms with E-state index in [1.54, 1.807) is 36.6 Å². The van der Waals surface area contributed by atoms with Crippen molar-refractivity contribution < 1.29 is 13.6 Å². The van der Waals surface area contributed by atoms with Gasteiger partial charge in [-0.25, -0.2) is 8.78 Å². The minimum Gasteiger partial charge on any atom is -0.362 e. The molecule has 4 rings (SSSR count). The third-order valence-electron chi connectivity index (χ3n) is 6.33. The third kappa shape index (κ3) is 5.20. The Labute approximate surface area is 186 Å². The number of piperidine rings is 2. The summed E-state index contributed by atoms with van der Waals surface area (Å²) in [4.78, 5) is 29.3. The largest absolute Gasteiger partial charge is 0.362 e. The van der Waals surface area contributed by atoms with E-state index in [4.69, 9.17) is 0 Å². The molecule has 2 aliphatic rings. The van der Waals surface area contributed by atoms with Crippen LogP contribution in [0.4, 0.5) is 14.5 Å². The summed E-state index contributed by atoms with van der Waals surface area (Å²) >= 11 is 0. The molecule has 0 radical (unpaired) electrons. The van der Waals surface area contributed by atoms with Gasteiger partial charge in [0.2, 0.25) is 5.91 Å². The summed E-state index contributed by atoms with van der Waals surface area (Å²) < 4.78 is 29.4. The molecule has 7 nitrogen and oxygen atoms in total. The molecule has 0 bridgehead atoms. The number of carbonyl (C=O) groups excluding carboxylic acids is 1. The smallest absolute Gasteiger partial charge is 0.267 e. The average molecular weight is 445 g/mol. The van der Waals surface area contributed by atoms with Crippen LogP contribution in [0.1, 0.15) is 31.2 Å². The number of nitrogens with zero attached hydrogens (tertiary/aromatic N) is 5. The number of nitrogens with one attached hydrogen (secondary N) is 1. The van der Waals surface area contributed by atoms with E-state index in [1.165, 1.54) is 0 Å². The standard InChI is InChI=1S/C23H30F2N6O/c1-26-13-17-3-4-19(22-21(17)27-7-8-28-22)31-14-18(12-23(24,25)15-31)29-20(32)11-16-5-9-30(2)10-6-16/h3-4,7-8,13,16,18H,5-6,9-12,14-15H2,1-2H3,(H,29,32). The van der Waals surface area contributed by atoms with Crippen LogP contribution in [-0.2, 0) is 4.79 Å². The molecule has 2 aliphatic heterocycles. The fourth-order valence-corrected chi connectivity index (χ4v) is 4.76. The predicted octanol–water partition coefficient (Wildman–Crippen LogP) is 2.74. The van der Waals surface area contributed by atoms with Crippen LogP contribution in [0.15, 0.2) is 29.5 Å². The Balaban J connectivity index is 1.51. The number of hydrogen-bond donors (Lipinski definition) is 1. The number of amides is 1. The van der Waals surface area contributed by atoms with Gasteiger partial charge in [-0.15, -0.1) is 0 Å². The summed E-state index contributed by atoms with van der Waals surface area (Å²) in [6.45, 7) is 1.84. The van der Waals surface area contributed by atoms with E-state index in [2.05, 4.69) is 32.2 Å². The van der Waals surface area contributed by atoms with Crippen molar-refractivity contribution >= 4 is 28.8 Å². The molecular formula is C23H30F2N6O. The Morgan fingerprint density at radius 2 is 1.97 bits per heavy atom. The van der Waals surface area contributed by atoms with Crippen LogP contribution in [0.3, 0.4) is 0 Å². The minimum atomic E-state index is -2.91. The van der Waals surface area contributed by atoms with E-state index in [1.807, 2.05) is 6.07 Å². The maximum atomic E-state index is 14.7. The SMILES string of the molecule is CN=Cc1ccc(N2CC(NC(=O)CC3CCN(C)CC3)CC(F)(F)C2)c2nccnc12. The quantitative estimate of drug-likeness (QED) is 0.718. The van der Waals surface area contributed by atoms with Crippen molar-refractivity contribution in [3.05, 3.63) is 30.1 Å². The molecule has 9 heteroatoms. The highest BCUT2D eigenvalue weighted by molar-refractivity contribution is 6.01. The lowest BCUT2D eigenvalue weighted by atomic mass is 9.93. The van der Waals surface area contributed by atoms with Crippen molar-refractivity contribution in [1.29, 1.82) is 0 Å². The molecule has 172 valence electrons. The van der Waals surface area contributed by atoms with Gasteiger partial charge in [-0.05, 0) is 51.0 Å². The number of carbonyl (C=O) groups is 1. The fraction of sp³-hybridized carbons (Fsp3) is 0.565. The van der Waals surface area contributed by atoms with E-state index in [9.17, 15) is 13.6 Å². The molecule has 2 aromatic rings. The first kappa shape index (κ1) is 22.5. The van der Waals surface area contributed by atoms with E-state index < -0.39 is 18.5 Å². The summed E-state index contributed by atoms with van der Waals surface area (Å²) in [5, 5.41) is 2.88. The molecule has 1 amide bonds. The van der Waals surface area contributed by atoms with Crippen LogP contribution < -0.4 is 10.2 Å². The lowest BCUT2D eigenvalue weighted by Gasteiger charge is -2.39. The maximum absolute atomic E-state index is 14.7. The number of aliphatic imine (C=N–C) groups is 1. The second-order valence-electron chi connectivity index (χ2n) is 8.97. The van der Waals surface area contributed by atoms with Crippen molar-refractivity contribution in [3.8, 4) is 0 Å². The van der Waals surface area contributed by atoms with Crippen molar-refractivity contribution in [2.75, 3.05) is 45.2 Å². The first-order valence-electron chi connectivity index (χ1n) is 11.1. The average Bonchev–Trinajstić information content (AvgIpc) is 2.74. The molecule has 1 atom stereocenters. The van der Waals surface area contributed by atoms with Gasteiger partial charge in [-0.1, -0.05) is 0 Å². The van der Waals surface area contributed by atoms with Gasteiger partial charge in [-0.2, -0.15) is 0 Å². The zero-order chi connectivity index (χ0) is 22.7. The third-order valence-corrected chi connectivity index (χ3v) is 6.33. The Hall–Kier alpha value is -2.68. The number of aromatic nitrogens is 2. The van der Waals surface area contributed by atoms with Gasteiger partial charge in [-0.3, -0.25) is 19.8 Å². The van der Waals surface area contributed by atoms with Gasteiger partial charge < -0.3 is 15.1 Å². The second kappa shape index (κ2) is 9.44. The lowest BCUT2D eigenvalue weighted by molar-refractivity contribution is -0.123. The van der Waals surface area contributed by atoms with Crippen molar-refractivity contribution in [1.82, 2.24) is 20.2 Å². The number of likely N-dealkylation sites (tertiary alicyclic amines) is 1. The molecule has 1 N–H and O–H groups in total. The van der Waals surface area contributed by atoms with Crippen LogP contribution in [0.25, 0.3) is 11.0 Å². The fourth-order valence-electron chi connectivity index (χ4n) is 4.76. The summed E-state index contributed by atoms with van der Waals surface area (Å²) in [5.41, 5.74) is 2.55. The van der Waals surface area contributed by atoms with E-state index >= 15 is 0 Å². The normalized spacial score (nSPS) is 22.5. The van der Waals surface area contributed by atoms with Gasteiger partial charge in [0.15, 0.2) is 0 Å². The zero-order valence-electron chi connectivity index (χ0n) is 18.6. The monoisotopic (exact) mass is 444 g/mol. The molecular weight excluding hydrogens is 414 g/mol. The van der Waals surface area contributed by atoms with E-state index in [0.29, 0.717) is 35.6 Å². The number of alkyl halides is 2. The minimum absolute atomic E-state index is 0.138. The van der Waals surface area contributed by atoms with Gasteiger partial charge in [0.25, 0.3) is 5.92 Å². The lowest BCUT2D eigenvalue weighted by Crippen LogP contribution is -2.55. The first-order valence-corrected chi connectivity index (χ1v) is 11.1. The summed E-state index contributed by atoms with van der Waals surface area (Å²) in [5.74, 6) is -2.73. The number of anilines is 1. The summed E-state index contributed by atoms with van der Waals surface area (Å²) in [6, 6.07) is 2.98. The van der Waals surface area contributed by atoms with Crippen molar-refractivity contribution in [2.24, 2.45) is 10.9 Å². The van der Waals surface area contributed by atoms with Crippen LogP contribution in [0.5, 0.6) is 0 Å². The molecule has 2 fully saturated rings. The molecule has 0 aliphatic carbocycles. The van der Waals surface area contributed by atoms with Gasteiger partial charge >= 0.3 is 0 Å². The van der Waals surface area contributed by atoms with Gasteiger partial charge in [0.1, 0.15) is 5.52 Å². The van der Waals surface area contributed by atoms with Crippen LogP contribution in [-0.4, -0.2) is 79.2 Å².